The van der Waals surface area contributed by atoms with E-state index >= 15 is 0 Å². The molecule has 112 valence electrons. The molecule has 2 aromatic carbocycles. The normalized spacial score (nSPS) is 10.9. The summed E-state index contributed by atoms with van der Waals surface area (Å²) >= 11 is 0. The van der Waals surface area contributed by atoms with Crippen LogP contribution in [0.25, 0.3) is 11.0 Å². The van der Waals surface area contributed by atoms with Gasteiger partial charge >= 0.3 is 0 Å². The Bertz CT molecular complexity index is 849. The van der Waals surface area contributed by atoms with Gasteiger partial charge in [0.05, 0.1) is 11.0 Å². The summed E-state index contributed by atoms with van der Waals surface area (Å²) in [6, 6.07) is 13.7. The summed E-state index contributed by atoms with van der Waals surface area (Å²) in [5.41, 5.74) is 4.81. The van der Waals surface area contributed by atoms with E-state index in [0.717, 1.165) is 33.5 Å². The van der Waals surface area contributed by atoms with Gasteiger partial charge in [0.2, 0.25) is 0 Å². The number of amides is 1. The van der Waals surface area contributed by atoms with Crippen LogP contribution in [0.3, 0.4) is 0 Å². The lowest BCUT2D eigenvalue weighted by atomic mass is 10.1. The maximum absolute atomic E-state index is 12.2. The van der Waals surface area contributed by atoms with Gasteiger partial charge in [-0.1, -0.05) is 24.3 Å². The van der Waals surface area contributed by atoms with Gasteiger partial charge in [0, 0.05) is 19.2 Å². The van der Waals surface area contributed by atoms with Gasteiger partial charge in [0.15, 0.2) is 0 Å². The lowest BCUT2D eigenvalue weighted by Crippen LogP contribution is -2.23. The molecule has 3 rings (SSSR count). The molecular weight excluding hydrogens is 274 g/mol. The monoisotopic (exact) mass is 293 g/mol. The van der Waals surface area contributed by atoms with Crippen LogP contribution < -0.4 is 5.32 Å². The van der Waals surface area contributed by atoms with Crippen LogP contribution in [0.1, 0.15) is 27.3 Å². The minimum atomic E-state index is -0.0459. The molecule has 1 N–H and O–H groups in total. The van der Waals surface area contributed by atoms with Gasteiger partial charge < -0.3 is 9.88 Å². The molecule has 0 aliphatic heterocycles. The molecule has 4 nitrogen and oxygen atoms in total. The summed E-state index contributed by atoms with van der Waals surface area (Å²) in [6.45, 7) is 4.43. The summed E-state index contributed by atoms with van der Waals surface area (Å²) in [5, 5.41) is 2.97. The Morgan fingerprint density at radius 1 is 1.18 bits per heavy atom. The molecule has 1 aromatic heterocycles. The largest absolute Gasteiger partial charge is 0.348 e. The van der Waals surface area contributed by atoms with Crippen LogP contribution >= 0.6 is 0 Å². The molecule has 0 spiro atoms. The summed E-state index contributed by atoms with van der Waals surface area (Å²) in [4.78, 5) is 16.8. The topological polar surface area (TPSA) is 46.9 Å². The standard InChI is InChI=1S/C18H19N3O/c1-12-6-4-5-7-15(12)18(22)19-11-14-8-9-17-16(10-14)20-13(2)21(17)3/h4-10H,11H2,1-3H3,(H,19,22). The van der Waals surface area contributed by atoms with Crippen molar-refractivity contribution in [1.29, 1.82) is 0 Å². The number of hydrogen-bond acceptors (Lipinski definition) is 2. The van der Waals surface area contributed by atoms with Crippen LogP contribution in [0.4, 0.5) is 0 Å². The molecule has 0 saturated heterocycles. The second kappa shape index (κ2) is 5.64. The molecule has 0 atom stereocenters. The molecular formula is C18H19N3O. The third-order valence-electron chi connectivity index (χ3n) is 4.01. The van der Waals surface area contributed by atoms with Crippen molar-refractivity contribution in [2.24, 2.45) is 7.05 Å². The highest BCUT2D eigenvalue weighted by molar-refractivity contribution is 5.95. The minimum absolute atomic E-state index is 0.0459. The molecule has 0 aliphatic carbocycles. The number of aromatic nitrogens is 2. The first-order valence-corrected chi connectivity index (χ1v) is 7.32. The molecule has 3 aromatic rings. The van der Waals surface area contributed by atoms with Crippen LogP contribution in [-0.4, -0.2) is 15.5 Å². The lowest BCUT2D eigenvalue weighted by Gasteiger charge is -2.08. The quantitative estimate of drug-likeness (QED) is 0.806. The Morgan fingerprint density at radius 2 is 1.95 bits per heavy atom. The zero-order valence-corrected chi connectivity index (χ0v) is 13.1. The van der Waals surface area contributed by atoms with Crippen molar-refractivity contribution in [3.05, 3.63) is 65.0 Å². The third kappa shape index (κ3) is 2.60. The zero-order chi connectivity index (χ0) is 15.7. The van der Waals surface area contributed by atoms with Gasteiger partial charge in [-0.3, -0.25) is 4.79 Å². The summed E-state index contributed by atoms with van der Waals surface area (Å²) < 4.78 is 2.06. The number of imidazole rings is 1. The lowest BCUT2D eigenvalue weighted by molar-refractivity contribution is 0.0950. The minimum Gasteiger partial charge on any atom is -0.348 e. The van der Waals surface area contributed by atoms with Gasteiger partial charge in [0.25, 0.3) is 5.91 Å². The van der Waals surface area contributed by atoms with Crippen LogP contribution in [-0.2, 0) is 13.6 Å². The number of nitrogens with zero attached hydrogens (tertiary/aromatic N) is 2. The van der Waals surface area contributed by atoms with E-state index in [1.54, 1.807) is 0 Å². The van der Waals surface area contributed by atoms with E-state index in [1.807, 2.05) is 63.4 Å². The molecule has 0 bridgehead atoms. The van der Waals surface area contributed by atoms with Gasteiger partial charge in [0.1, 0.15) is 5.82 Å². The second-order valence-electron chi connectivity index (χ2n) is 5.54. The van der Waals surface area contributed by atoms with Crippen molar-refractivity contribution < 1.29 is 4.79 Å². The average Bonchev–Trinajstić information content (AvgIpc) is 2.80. The van der Waals surface area contributed by atoms with E-state index < -0.39 is 0 Å². The Labute approximate surface area is 129 Å². The van der Waals surface area contributed by atoms with Crippen molar-refractivity contribution >= 4 is 16.9 Å². The van der Waals surface area contributed by atoms with Crippen LogP contribution in [0.15, 0.2) is 42.5 Å². The summed E-state index contributed by atoms with van der Waals surface area (Å²) in [5.74, 6) is 0.937. The number of aryl methyl sites for hydroxylation is 3. The SMILES string of the molecule is Cc1ccccc1C(=O)NCc1ccc2c(c1)nc(C)n2C. The smallest absolute Gasteiger partial charge is 0.251 e. The molecule has 0 unspecified atom stereocenters. The fourth-order valence-electron chi connectivity index (χ4n) is 2.58. The molecule has 1 heterocycles. The third-order valence-corrected chi connectivity index (χ3v) is 4.01. The van der Waals surface area contributed by atoms with E-state index in [-0.39, 0.29) is 5.91 Å². The van der Waals surface area contributed by atoms with E-state index in [4.69, 9.17) is 0 Å². The first-order valence-electron chi connectivity index (χ1n) is 7.32. The van der Waals surface area contributed by atoms with Gasteiger partial charge in [-0.05, 0) is 43.2 Å². The maximum atomic E-state index is 12.2. The highest BCUT2D eigenvalue weighted by Crippen LogP contribution is 2.16. The molecule has 4 heteroatoms. The number of carbonyl (C=O) groups is 1. The van der Waals surface area contributed by atoms with Crippen molar-refractivity contribution in [2.75, 3.05) is 0 Å². The van der Waals surface area contributed by atoms with Gasteiger partial charge in [-0.15, -0.1) is 0 Å². The van der Waals surface area contributed by atoms with E-state index in [1.165, 1.54) is 0 Å². The van der Waals surface area contributed by atoms with E-state index in [2.05, 4.69) is 14.9 Å². The highest BCUT2D eigenvalue weighted by Gasteiger charge is 2.09. The van der Waals surface area contributed by atoms with Gasteiger partial charge in [-0.25, -0.2) is 4.98 Å². The van der Waals surface area contributed by atoms with Crippen molar-refractivity contribution in [3.63, 3.8) is 0 Å². The first kappa shape index (κ1) is 14.3. The molecule has 0 saturated carbocycles. The van der Waals surface area contributed by atoms with Crippen molar-refractivity contribution in [2.45, 2.75) is 20.4 Å². The average molecular weight is 293 g/mol. The van der Waals surface area contributed by atoms with Gasteiger partial charge in [-0.2, -0.15) is 0 Å². The first-order chi connectivity index (χ1) is 10.6. The Kier molecular flexibility index (Phi) is 3.67. The van der Waals surface area contributed by atoms with Crippen LogP contribution in [0, 0.1) is 13.8 Å². The number of fused-ring (bicyclic) bond motifs is 1. The van der Waals surface area contributed by atoms with Crippen LogP contribution in [0.2, 0.25) is 0 Å². The molecule has 0 fully saturated rings. The number of rotatable bonds is 3. The highest BCUT2D eigenvalue weighted by atomic mass is 16.1. The van der Waals surface area contributed by atoms with E-state index in [0.29, 0.717) is 6.54 Å². The molecule has 22 heavy (non-hydrogen) atoms. The molecule has 0 radical (unpaired) electrons. The number of hydrogen-bond donors (Lipinski definition) is 1. The maximum Gasteiger partial charge on any atom is 0.251 e. The second-order valence-corrected chi connectivity index (χ2v) is 5.54. The van der Waals surface area contributed by atoms with Crippen molar-refractivity contribution in [3.8, 4) is 0 Å². The zero-order valence-electron chi connectivity index (χ0n) is 13.1. The number of carbonyl (C=O) groups excluding carboxylic acids is 1. The fraction of sp³-hybridized carbons (Fsp3) is 0.222. The van der Waals surface area contributed by atoms with E-state index in [9.17, 15) is 4.79 Å². The fourth-order valence-corrected chi connectivity index (χ4v) is 2.58. The predicted octanol–water partition coefficient (Wildman–Crippen LogP) is 3.12. The van der Waals surface area contributed by atoms with Crippen molar-refractivity contribution in [1.82, 2.24) is 14.9 Å². The number of benzene rings is 2. The van der Waals surface area contributed by atoms with Crippen LogP contribution in [0.5, 0.6) is 0 Å². The Hall–Kier alpha value is -2.62. The summed E-state index contributed by atoms with van der Waals surface area (Å²) in [6.07, 6.45) is 0. The molecule has 1 amide bonds. The Balaban J connectivity index is 1.76. The number of nitrogens with one attached hydrogen (secondary N) is 1. The predicted molar refractivity (Wildman–Crippen MR) is 87.8 cm³/mol. The summed E-state index contributed by atoms with van der Waals surface area (Å²) in [7, 11) is 2.00. The Morgan fingerprint density at radius 3 is 2.73 bits per heavy atom. The molecule has 0 aliphatic rings.